The molecule has 47 heavy (non-hydrogen) atoms. The van der Waals surface area contributed by atoms with Gasteiger partial charge in [0.2, 0.25) is 0 Å². The van der Waals surface area contributed by atoms with Crippen molar-refractivity contribution in [2.24, 2.45) is 5.92 Å². The van der Waals surface area contributed by atoms with Gasteiger partial charge in [-0.05, 0) is 86.7 Å². The molecule has 0 spiro atoms. The molecular formula is C36H35FN8O2. The van der Waals surface area contributed by atoms with Crippen molar-refractivity contribution in [2.75, 3.05) is 24.5 Å². The summed E-state index contributed by atoms with van der Waals surface area (Å²) in [6.45, 7) is 7.13. The molecule has 1 saturated heterocycles. The van der Waals surface area contributed by atoms with Crippen LogP contribution >= 0.6 is 0 Å². The second kappa shape index (κ2) is 11.3. The first kappa shape index (κ1) is 29.3. The van der Waals surface area contributed by atoms with E-state index in [9.17, 15) is 19.6 Å². The number of nitrogens with zero attached hydrogens (tertiary/aromatic N) is 8. The van der Waals surface area contributed by atoms with Gasteiger partial charge in [0.1, 0.15) is 17.5 Å². The number of fused-ring (bicyclic) bond motifs is 3. The summed E-state index contributed by atoms with van der Waals surface area (Å²) in [5.41, 5.74) is 6.00. The Hall–Kier alpha value is -5.08. The molecule has 2 aliphatic heterocycles. The summed E-state index contributed by atoms with van der Waals surface area (Å²) in [6, 6.07) is 16.6. The summed E-state index contributed by atoms with van der Waals surface area (Å²) in [6.07, 6.45) is 6.45. The van der Waals surface area contributed by atoms with E-state index in [1.165, 1.54) is 6.07 Å². The monoisotopic (exact) mass is 630 g/mol. The van der Waals surface area contributed by atoms with Crippen molar-refractivity contribution in [1.82, 2.24) is 29.0 Å². The van der Waals surface area contributed by atoms with Gasteiger partial charge in [-0.1, -0.05) is 6.07 Å². The van der Waals surface area contributed by atoms with Crippen LogP contribution in [0.1, 0.15) is 64.0 Å². The summed E-state index contributed by atoms with van der Waals surface area (Å²) in [5.74, 6) is 1.00. The Morgan fingerprint density at radius 1 is 1.15 bits per heavy atom. The van der Waals surface area contributed by atoms with E-state index >= 15 is 0 Å². The fraction of sp³-hybridized carbons (Fsp3) is 0.361. The number of anilines is 1. The van der Waals surface area contributed by atoms with E-state index in [1.54, 1.807) is 18.2 Å². The van der Waals surface area contributed by atoms with Crippen LogP contribution in [-0.2, 0) is 38.0 Å². The average Bonchev–Trinajstić information content (AvgIpc) is 3.49. The van der Waals surface area contributed by atoms with E-state index in [4.69, 9.17) is 9.97 Å². The fourth-order valence-corrected chi connectivity index (χ4v) is 7.76. The van der Waals surface area contributed by atoms with Gasteiger partial charge >= 0.3 is 5.97 Å². The van der Waals surface area contributed by atoms with Crippen LogP contribution in [-0.4, -0.2) is 59.7 Å². The first-order chi connectivity index (χ1) is 22.8. The molecule has 2 fully saturated rings. The highest BCUT2D eigenvalue weighted by Gasteiger charge is 2.58. The molecule has 0 unspecified atom stereocenters. The lowest BCUT2D eigenvalue weighted by Gasteiger charge is -2.33. The lowest BCUT2D eigenvalue weighted by Crippen LogP contribution is -2.37. The van der Waals surface area contributed by atoms with E-state index in [1.807, 2.05) is 24.7 Å². The molecule has 238 valence electrons. The molecule has 2 aromatic carbocycles. The number of halogens is 1. The second-order valence-electron chi connectivity index (χ2n) is 13.1. The number of piperidine rings is 1. The SMILES string of the molecule is CCn1cncc1Cn1c(CN2CC[C@]3(c4cccc(N5CCc6cc(C#N)cc(F)c6C5)n4)C[C@@H]3C2)nc2ccc(C(=O)O)cc21. The first-order valence-corrected chi connectivity index (χ1v) is 16.2. The lowest BCUT2D eigenvalue weighted by atomic mass is 9.91. The van der Waals surface area contributed by atoms with Gasteiger partial charge in [0.05, 0.1) is 53.3 Å². The van der Waals surface area contributed by atoms with Crippen LogP contribution in [0.5, 0.6) is 0 Å². The van der Waals surface area contributed by atoms with Gasteiger partial charge in [-0.25, -0.2) is 24.1 Å². The standard InChI is InChI=1S/C36H35FN8O2/c1-2-43-22-39-17-27(43)19-45-31-14-25(35(46)47)6-7-30(31)40-34(45)21-42-11-9-36(15-26(36)18-42)32-4-3-5-33(41-32)44-10-8-24-12-23(16-38)13-29(37)28(24)20-44/h3-7,12-14,17,22,26H,2,8-11,15,18-21H2,1H3,(H,46,47)/t26-,36+/m1/s1. The number of aromatic carboxylic acids is 1. The summed E-state index contributed by atoms with van der Waals surface area (Å²) in [5, 5.41) is 18.9. The molecule has 11 heteroatoms. The molecule has 1 N–H and O–H groups in total. The van der Waals surface area contributed by atoms with Crippen molar-refractivity contribution >= 4 is 22.8 Å². The maximum Gasteiger partial charge on any atom is 0.335 e. The van der Waals surface area contributed by atoms with Crippen molar-refractivity contribution < 1.29 is 14.3 Å². The Morgan fingerprint density at radius 3 is 2.85 bits per heavy atom. The van der Waals surface area contributed by atoms with Crippen molar-refractivity contribution in [1.29, 1.82) is 5.26 Å². The van der Waals surface area contributed by atoms with Gasteiger partial charge in [0.25, 0.3) is 0 Å². The minimum atomic E-state index is -0.954. The number of carboxylic acid groups (broad SMARTS) is 1. The maximum atomic E-state index is 14.9. The van der Waals surface area contributed by atoms with E-state index in [-0.39, 0.29) is 16.8 Å². The molecule has 3 aromatic heterocycles. The third-order valence-corrected chi connectivity index (χ3v) is 10.5. The van der Waals surface area contributed by atoms with Gasteiger partial charge in [-0.2, -0.15) is 5.26 Å². The number of likely N-dealkylation sites (tertiary alicyclic amines) is 1. The third-order valence-electron chi connectivity index (χ3n) is 10.5. The second-order valence-corrected chi connectivity index (χ2v) is 13.1. The smallest absolute Gasteiger partial charge is 0.335 e. The predicted octanol–water partition coefficient (Wildman–Crippen LogP) is 5.13. The van der Waals surface area contributed by atoms with E-state index in [0.717, 1.165) is 78.6 Å². The number of carbonyl (C=O) groups is 1. The van der Waals surface area contributed by atoms with Crippen molar-refractivity contribution in [3.63, 3.8) is 0 Å². The van der Waals surface area contributed by atoms with Crippen LogP contribution in [0.15, 0.2) is 61.1 Å². The highest BCUT2D eigenvalue weighted by molar-refractivity contribution is 5.92. The Bertz CT molecular complexity index is 2080. The molecule has 0 amide bonds. The molecule has 8 rings (SSSR count). The third kappa shape index (κ3) is 5.13. The zero-order valence-electron chi connectivity index (χ0n) is 26.2. The topological polar surface area (TPSA) is 116 Å². The molecule has 2 atom stereocenters. The number of carboxylic acids is 1. The van der Waals surface area contributed by atoms with Gasteiger partial charge in [0.15, 0.2) is 0 Å². The number of hydrogen-bond donors (Lipinski definition) is 1. The molecule has 0 bridgehead atoms. The average molecular weight is 631 g/mol. The van der Waals surface area contributed by atoms with Crippen molar-refractivity contribution in [2.45, 2.75) is 57.8 Å². The van der Waals surface area contributed by atoms with Crippen LogP contribution in [0.2, 0.25) is 0 Å². The van der Waals surface area contributed by atoms with Crippen LogP contribution in [0.4, 0.5) is 10.2 Å². The highest BCUT2D eigenvalue weighted by Crippen LogP contribution is 2.59. The Morgan fingerprint density at radius 2 is 2.04 bits per heavy atom. The Kier molecular flexibility index (Phi) is 7.06. The van der Waals surface area contributed by atoms with Crippen LogP contribution in [0.25, 0.3) is 11.0 Å². The van der Waals surface area contributed by atoms with Crippen LogP contribution < -0.4 is 4.90 Å². The number of pyridine rings is 1. The predicted molar refractivity (Wildman–Crippen MR) is 173 cm³/mol. The van der Waals surface area contributed by atoms with E-state index in [0.29, 0.717) is 43.1 Å². The van der Waals surface area contributed by atoms with Crippen molar-refractivity contribution in [3.05, 3.63) is 106 Å². The van der Waals surface area contributed by atoms with Crippen molar-refractivity contribution in [3.8, 4) is 6.07 Å². The lowest BCUT2D eigenvalue weighted by molar-refractivity contribution is 0.0697. The number of rotatable bonds is 8. The van der Waals surface area contributed by atoms with Gasteiger partial charge in [-0.15, -0.1) is 0 Å². The number of benzene rings is 2. The molecule has 0 radical (unpaired) electrons. The largest absolute Gasteiger partial charge is 0.478 e. The zero-order chi connectivity index (χ0) is 32.3. The summed E-state index contributed by atoms with van der Waals surface area (Å²) < 4.78 is 19.1. The van der Waals surface area contributed by atoms with Gasteiger partial charge in [0, 0.05) is 49.0 Å². The summed E-state index contributed by atoms with van der Waals surface area (Å²) in [7, 11) is 0. The normalized spacial score (nSPS) is 20.5. The molecule has 5 aromatic rings. The quantitative estimate of drug-likeness (QED) is 0.251. The zero-order valence-corrected chi connectivity index (χ0v) is 26.2. The minimum absolute atomic E-state index is 0.0529. The fourth-order valence-electron chi connectivity index (χ4n) is 7.76. The van der Waals surface area contributed by atoms with E-state index < -0.39 is 5.97 Å². The number of nitriles is 1. The number of hydrogen-bond acceptors (Lipinski definition) is 7. The van der Waals surface area contributed by atoms with Crippen LogP contribution in [0, 0.1) is 23.1 Å². The molecule has 1 saturated carbocycles. The number of aryl methyl sites for hydroxylation is 1. The van der Waals surface area contributed by atoms with Gasteiger partial charge in [-0.3, -0.25) is 4.90 Å². The summed E-state index contributed by atoms with van der Waals surface area (Å²) >= 11 is 0. The molecule has 1 aliphatic carbocycles. The Labute approximate surface area is 271 Å². The highest BCUT2D eigenvalue weighted by atomic mass is 19.1. The van der Waals surface area contributed by atoms with Gasteiger partial charge < -0.3 is 19.1 Å². The Balaban J connectivity index is 1.01. The first-order valence-electron chi connectivity index (χ1n) is 16.2. The molecular weight excluding hydrogens is 595 g/mol. The van der Waals surface area contributed by atoms with E-state index in [2.05, 4.69) is 49.0 Å². The minimum Gasteiger partial charge on any atom is -0.478 e. The molecule has 3 aliphatic rings. The molecule has 5 heterocycles. The summed E-state index contributed by atoms with van der Waals surface area (Å²) in [4.78, 5) is 30.9. The van der Waals surface area contributed by atoms with Crippen LogP contribution in [0.3, 0.4) is 0 Å². The number of aromatic nitrogens is 5. The maximum absolute atomic E-state index is 14.9. The number of imidazole rings is 2. The molecule has 10 nitrogen and oxygen atoms in total.